The number of aryl methyl sites for hydroxylation is 8. The van der Waals surface area contributed by atoms with Gasteiger partial charge in [0.15, 0.2) is 11.6 Å². The van der Waals surface area contributed by atoms with Crippen LogP contribution in [0, 0.1) is 27.7 Å². The number of nitrogens with two attached hydrogens (primary N) is 2. The van der Waals surface area contributed by atoms with E-state index >= 15 is 0 Å². The standard InChI is InChI=1S/2C22H22N4O/c2*1-13-4-7-17-18-10-15(11-25-21(18)22(23)26-19(17)8-13)5-6-16-12-24-20(27-3)9-14(16)2/h2*4,7-12H,5-6H2,1-3H3,(H2,23,26). The molecule has 6 heterocycles. The van der Waals surface area contributed by atoms with Crippen molar-refractivity contribution in [3.63, 3.8) is 0 Å². The Morgan fingerprint density at radius 1 is 0.481 bits per heavy atom. The Balaban J connectivity index is 0.000000167. The Bertz CT molecular complexity index is 2490. The van der Waals surface area contributed by atoms with Gasteiger partial charge in [0.05, 0.1) is 25.3 Å². The monoisotopic (exact) mass is 716 g/mol. The molecule has 0 atom stereocenters. The van der Waals surface area contributed by atoms with Crippen LogP contribution in [-0.2, 0) is 25.7 Å². The van der Waals surface area contributed by atoms with Crippen molar-refractivity contribution < 1.29 is 9.47 Å². The summed E-state index contributed by atoms with van der Waals surface area (Å²) >= 11 is 0. The van der Waals surface area contributed by atoms with Gasteiger partial charge in [-0.3, -0.25) is 9.97 Å². The predicted molar refractivity (Wildman–Crippen MR) is 218 cm³/mol. The second kappa shape index (κ2) is 15.3. The van der Waals surface area contributed by atoms with Gasteiger partial charge in [0.2, 0.25) is 11.8 Å². The molecule has 0 aliphatic carbocycles. The summed E-state index contributed by atoms with van der Waals surface area (Å²) in [6.45, 7) is 8.28. The second-order valence-corrected chi connectivity index (χ2v) is 13.8. The molecule has 10 heteroatoms. The van der Waals surface area contributed by atoms with Crippen LogP contribution in [0.25, 0.3) is 43.6 Å². The van der Waals surface area contributed by atoms with Gasteiger partial charge in [0, 0.05) is 58.5 Å². The van der Waals surface area contributed by atoms with E-state index in [1.807, 2.05) is 36.9 Å². The zero-order chi connectivity index (χ0) is 37.9. The molecule has 10 nitrogen and oxygen atoms in total. The fourth-order valence-electron chi connectivity index (χ4n) is 6.82. The van der Waals surface area contributed by atoms with Gasteiger partial charge < -0.3 is 20.9 Å². The lowest BCUT2D eigenvalue weighted by molar-refractivity contribution is 0.397. The molecular weight excluding hydrogens is 673 g/mol. The zero-order valence-electron chi connectivity index (χ0n) is 31.6. The Hall–Kier alpha value is -6.42. The molecule has 8 rings (SSSR count). The van der Waals surface area contributed by atoms with Crippen molar-refractivity contribution in [3.05, 3.63) is 130 Å². The van der Waals surface area contributed by atoms with Crippen molar-refractivity contribution in [2.24, 2.45) is 0 Å². The van der Waals surface area contributed by atoms with Crippen LogP contribution in [0.1, 0.15) is 44.5 Å². The molecule has 0 saturated heterocycles. The van der Waals surface area contributed by atoms with Gasteiger partial charge in [0.1, 0.15) is 11.0 Å². The highest BCUT2D eigenvalue weighted by Gasteiger charge is 2.12. The molecule has 0 aliphatic rings. The van der Waals surface area contributed by atoms with E-state index in [-0.39, 0.29) is 0 Å². The van der Waals surface area contributed by atoms with Crippen LogP contribution in [0.5, 0.6) is 11.8 Å². The van der Waals surface area contributed by atoms with Crippen molar-refractivity contribution in [2.45, 2.75) is 53.4 Å². The van der Waals surface area contributed by atoms with Gasteiger partial charge in [-0.2, -0.15) is 0 Å². The van der Waals surface area contributed by atoms with Crippen molar-refractivity contribution in [2.75, 3.05) is 25.7 Å². The number of rotatable bonds is 8. The van der Waals surface area contributed by atoms with Crippen LogP contribution >= 0.6 is 0 Å². The number of benzene rings is 2. The quantitative estimate of drug-likeness (QED) is 0.147. The minimum absolute atomic E-state index is 0.477. The predicted octanol–water partition coefficient (Wildman–Crippen LogP) is 8.34. The molecule has 4 N–H and O–H groups in total. The molecule has 0 amide bonds. The molecule has 272 valence electrons. The van der Waals surface area contributed by atoms with Gasteiger partial charge in [0.25, 0.3) is 0 Å². The molecular formula is C44H44N8O2. The lowest BCUT2D eigenvalue weighted by Gasteiger charge is -2.10. The van der Waals surface area contributed by atoms with Crippen LogP contribution in [0.4, 0.5) is 11.6 Å². The number of anilines is 2. The third-order valence-corrected chi connectivity index (χ3v) is 9.92. The Kier molecular flexibility index (Phi) is 10.2. The fourth-order valence-corrected chi connectivity index (χ4v) is 6.82. The van der Waals surface area contributed by atoms with Crippen molar-refractivity contribution in [1.82, 2.24) is 29.9 Å². The molecule has 54 heavy (non-hydrogen) atoms. The van der Waals surface area contributed by atoms with Crippen LogP contribution in [0.2, 0.25) is 0 Å². The van der Waals surface area contributed by atoms with E-state index in [4.69, 9.17) is 20.9 Å². The average molecular weight is 717 g/mol. The molecule has 0 radical (unpaired) electrons. The number of fused-ring (bicyclic) bond motifs is 6. The number of hydrogen-bond acceptors (Lipinski definition) is 10. The number of ether oxygens (including phenoxy) is 2. The summed E-state index contributed by atoms with van der Waals surface area (Å²) in [6, 6.07) is 20.8. The summed E-state index contributed by atoms with van der Waals surface area (Å²) in [5, 5.41) is 4.28. The maximum atomic E-state index is 6.14. The molecule has 0 bridgehead atoms. The SMILES string of the molecule is COc1cc(C)c(CCc2cnc3c(N)nc4cc(C)ccc4c3c2)cn1.COc1cc(C)c(CCc2cnc3c(N)nc4cc(C)ccc4c3c2)cn1. The van der Waals surface area contributed by atoms with Crippen LogP contribution in [-0.4, -0.2) is 44.1 Å². The average Bonchev–Trinajstić information content (AvgIpc) is 3.16. The molecule has 2 aromatic carbocycles. The number of aromatic nitrogens is 6. The van der Waals surface area contributed by atoms with Crippen LogP contribution in [0.3, 0.4) is 0 Å². The fraction of sp³-hybridized carbons (Fsp3) is 0.227. The smallest absolute Gasteiger partial charge is 0.213 e. The van der Waals surface area contributed by atoms with E-state index in [1.54, 1.807) is 14.2 Å². The molecule has 0 saturated carbocycles. The number of pyridine rings is 6. The largest absolute Gasteiger partial charge is 0.481 e. The number of nitrogen functional groups attached to an aromatic ring is 2. The first kappa shape index (κ1) is 36.0. The van der Waals surface area contributed by atoms with E-state index in [0.717, 1.165) is 69.3 Å². The van der Waals surface area contributed by atoms with E-state index < -0.39 is 0 Å². The molecule has 0 fully saturated rings. The normalized spacial score (nSPS) is 11.2. The van der Waals surface area contributed by atoms with Gasteiger partial charge in [-0.05, 0) is 122 Å². The second-order valence-electron chi connectivity index (χ2n) is 13.8. The summed E-state index contributed by atoms with van der Waals surface area (Å²) in [4.78, 5) is 26.8. The zero-order valence-corrected chi connectivity index (χ0v) is 31.6. The number of methoxy groups -OCH3 is 2. The van der Waals surface area contributed by atoms with Crippen molar-refractivity contribution in [3.8, 4) is 11.8 Å². The third-order valence-electron chi connectivity index (χ3n) is 9.92. The summed E-state index contributed by atoms with van der Waals surface area (Å²) in [7, 11) is 3.27. The van der Waals surface area contributed by atoms with Gasteiger partial charge >= 0.3 is 0 Å². The lowest BCUT2D eigenvalue weighted by Crippen LogP contribution is -2.00. The van der Waals surface area contributed by atoms with Crippen LogP contribution in [0.15, 0.2) is 85.5 Å². The Morgan fingerprint density at radius 3 is 1.30 bits per heavy atom. The van der Waals surface area contributed by atoms with Crippen molar-refractivity contribution in [1.29, 1.82) is 0 Å². The lowest BCUT2D eigenvalue weighted by atomic mass is 10.0. The van der Waals surface area contributed by atoms with E-state index in [9.17, 15) is 0 Å². The Morgan fingerprint density at radius 2 is 0.907 bits per heavy atom. The number of nitrogens with zero attached hydrogens (tertiary/aromatic N) is 6. The first-order valence-electron chi connectivity index (χ1n) is 18.0. The summed E-state index contributed by atoms with van der Waals surface area (Å²) in [6.07, 6.45) is 11.1. The first-order valence-corrected chi connectivity index (χ1v) is 18.0. The number of hydrogen-bond donors (Lipinski definition) is 2. The maximum Gasteiger partial charge on any atom is 0.213 e. The maximum absolute atomic E-state index is 6.14. The minimum atomic E-state index is 0.477. The van der Waals surface area contributed by atoms with Crippen molar-refractivity contribution >= 4 is 55.2 Å². The van der Waals surface area contributed by atoms with Crippen LogP contribution < -0.4 is 20.9 Å². The minimum Gasteiger partial charge on any atom is -0.481 e. The summed E-state index contributed by atoms with van der Waals surface area (Å²) in [5.41, 5.74) is 25.1. The first-order chi connectivity index (χ1) is 26.1. The molecule has 8 aromatic rings. The summed E-state index contributed by atoms with van der Waals surface area (Å²) in [5.74, 6) is 2.25. The van der Waals surface area contributed by atoms with E-state index in [0.29, 0.717) is 23.4 Å². The van der Waals surface area contributed by atoms with Gasteiger partial charge in [-0.15, -0.1) is 0 Å². The molecule has 0 spiro atoms. The molecule has 6 aromatic heterocycles. The third kappa shape index (κ3) is 7.54. The highest BCUT2D eigenvalue weighted by atomic mass is 16.5. The summed E-state index contributed by atoms with van der Waals surface area (Å²) < 4.78 is 10.4. The topological polar surface area (TPSA) is 148 Å². The molecule has 0 aliphatic heterocycles. The highest BCUT2D eigenvalue weighted by molar-refractivity contribution is 6.09. The van der Waals surface area contributed by atoms with Gasteiger partial charge in [-0.25, -0.2) is 19.9 Å². The van der Waals surface area contributed by atoms with E-state index in [1.165, 1.54) is 44.5 Å². The van der Waals surface area contributed by atoms with E-state index in [2.05, 4.69) is 106 Å². The molecule has 0 unspecified atom stereocenters. The highest BCUT2D eigenvalue weighted by Crippen LogP contribution is 2.30. The van der Waals surface area contributed by atoms with Gasteiger partial charge in [-0.1, -0.05) is 24.3 Å². The Labute approximate surface area is 314 Å².